The number of carbonyl (C=O) groups is 2. The maximum Gasteiger partial charge on any atom is 0.265 e. The van der Waals surface area contributed by atoms with E-state index in [9.17, 15) is 9.59 Å². The molecule has 0 unspecified atom stereocenters. The number of nitrogens with one attached hydrogen (secondary N) is 1. The molecule has 5 nitrogen and oxygen atoms in total. The van der Waals surface area contributed by atoms with Gasteiger partial charge in [-0.05, 0) is 76.2 Å². The Morgan fingerprint density at radius 1 is 1.11 bits per heavy atom. The lowest BCUT2D eigenvalue weighted by Gasteiger charge is -2.27. The van der Waals surface area contributed by atoms with Gasteiger partial charge in [-0.1, -0.05) is 17.7 Å². The van der Waals surface area contributed by atoms with E-state index in [4.69, 9.17) is 12.2 Å². The summed E-state index contributed by atoms with van der Waals surface area (Å²) in [6, 6.07) is 8.31. The number of rotatable bonds is 3. The van der Waals surface area contributed by atoms with Crippen molar-refractivity contribution >= 4 is 35.2 Å². The largest absolute Gasteiger partial charge is 0.318 e. The van der Waals surface area contributed by atoms with Crippen LogP contribution in [0, 0.1) is 27.7 Å². The van der Waals surface area contributed by atoms with Crippen molar-refractivity contribution in [1.29, 1.82) is 0 Å². The van der Waals surface area contributed by atoms with Crippen LogP contribution in [0.5, 0.6) is 0 Å². The first-order chi connectivity index (χ1) is 12.7. The monoisotopic (exact) mass is 381 g/mol. The molecule has 0 aliphatic carbocycles. The second-order valence-electron chi connectivity index (χ2n) is 6.82. The van der Waals surface area contributed by atoms with Crippen molar-refractivity contribution in [2.45, 2.75) is 34.6 Å². The van der Waals surface area contributed by atoms with Crippen LogP contribution in [-0.4, -0.2) is 32.9 Å². The summed E-state index contributed by atoms with van der Waals surface area (Å²) in [5, 5.41) is 2.75. The SMILES string of the molecule is CCN1C(=O)/C(=C/c2cc(C)n(-c3ccc(C)cc3C)c2C)C(=O)NC1=S. The van der Waals surface area contributed by atoms with Crippen molar-refractivity contribution in [2.75, 3.05) is 6.54 Å². The summed E-state index contributed by atoms with van der Waals surface area (Å²) in [6.45, 7) is 10.4. The van der Waals surface area contributed by atoms with Crippen molar-refractivity contribution in [3.05, 3.63) is 57.9 Å². The number of amides is 2. The van der Waals surface area contributed by atoms with Crippen LogP contribution in [0.1, 0.15) is 35.0 Å². The summed E-state index contributed by atoms with van der Waals surface area (Å²) in [5.74, 6) is -0.811. The van der Waals surface area contributed by atoms with Gasteiger partial charge in [0, 0.05) is 23.6 Å². The van der Waals surface area contributed by atoms with Crippen LogP contribution in [0.15, 0.2) is 29.8 Å². The third-order valence-electron chi connectivity index (χ3n) is 4.87. The smallest absolute Gasteiger partial charge is 0.265 e. The average Bonchev–Trinajstić information content (AvgIpc) is 2.86. The summed E-state index contributed by atoms with van der Waals surface area (Å²) in [7, 11) is 0. The van der Waals surface area contributed by atoms with E-state index < -0.39 is 5.91 Å². The number of aryl methyl sites for hydroxylation is 3. The molecule has 1 aromatic heterocycles. The molecule has 1 N–H and O–H groups in total. The van der Waals surface area contributed by atoms with Crippen LogP contribution in [0.25, 0.3) is 11.8 Å². The van der Waals surface area contributed by atoms with Crippen LogP contribution >= 0.6 is 12.2 Å². The van der Waals surface area contributed by atoms with E-state index in [1.807, 2.05) is 26.8 Å². The van der Waals surface area contributed by atoms with Crippen LogP contribution in [0.3, 0.4) is 0 Å². The first kappa shape index (κ1) is 19.0. The highest BCUT2D eigenvalue weighted by Crippen LogP contribution is 2.26. The van der Waals surface area contributed by atoms with Gasteiger partial charge in [0.1, 0.15) is 5.57 Å². The molecule has 6 heteroatoms. The minimum absolute atomic E-state index is 0.103. The van der Waals surface area contributed by atoms with Gasteiger partial charge in [-0.15, -0.1) is 0 Å². The van der Waals surface area contributed by atoms with Gasteiger partial charge in [-0.3, -0.25) is 19.8 Å². The van der Waals surface area contributed by atoms with E-state index in [1.54, 1.807) is 6.08 Å². The van der Waals surface area contributed by atoms with Gasteiger partial charge in [-0.2, -0.15) is 0 Å². The maximum absolute atomic E-state index is 12.6. The molecule has 140 valence electrons. The van der Waals surface area contributed by atoms with Gasteiger partial charge in [-0.25, -0.2) is 0 Å². The summed E-state index contributed by atoms with van der Waals surface area (Å²) in [5.41, 5.74) is 6.44. The molecule has 27 heavy (non-hydrogen) atoms. The predicted molar refractivity (Wildman–Crippen MR) is 111 cm³/mol. The second-order valence-corrected chi connectivity index (χ2v) is 7.21. The average molecular weight is 382 g/mol. The van der Waals surface area contributed by atoms with Crippen LogP contribution in [0.2, 0.25) is 0 Å². The van der Waals surface area contributed by atoms with Crippen molar-refractivity contribution in [3.8, 4) is 5.69 Å². The van der Waals surface area contributed by atoms with Gasteiger partial charge in [0.05, 0.1) is 0 Å². The fourth-order valence-corrected chi connectivity index (χ4v) is 3.80. The number of hydrogen-bond donors (Lipinski definition) is 1. The number of likely N-dealkylation sites (N-methyl/N-ethyl adjacent to an activating group) is 1. The van der Waals surface area contributed by atoms with Crippen molar-refractivity contribution in [2.24, 2.45) is 0 Å². The molecule has 0 spiro atoms. The van der Waals surface area contributed by atoms with Crippen LogP contribution in [-0.2, 0) is 9.59 Å². The van der Waals surface area contributed by atoms with Crippen LogP contribution in [0.4, 0.5) is 0 Å². The van der Waals surface area contributed by atoms with Crippen molar-refractivity contribution in [1.82, 2.24) is 14.8 Å². The number of hydrogen-bond acceptors (Lipinski definition) is 3. The first-order valence-corrected chi connectivity index (χ1v) is 9.30. The van der Waals surface area contributed by atoms with E-state index in [1.165, 1.54) is 16.0 Å². The lowest BCUT2D eigenvalue weighted by Crippen LogP contribution is -2.53. The second kappa shape index (κ2) is 7.12. The van der Waals surface area contributed by atoms with Crippen molar-refractivity contribution in [3.63, 3.8) is 0 Å². The Bertz CT molecular complexity index is 1000. The molecule has 2 heterocycles. The Morgan fingerprint density at radius 2 is 1.81 bits per heavy atom. The molecule has 1 fully saturated rings. The molecule has 2 aromatic rings. The molecular weight excluding hydrogens is 358 g/mol. The number of benzene rings is 1. The minimum atomic E-state index is -0.453. The molecule has 1 aliphatic heterocycles. The lowest BCUT2D eigenvalue weighted by atomic mass is 10.1. The molecule has 0 saturated carbocycles. The zero-order valence-corrected chi connectivity index (χ0v) is 17.0. The zero-order valence-electron chi connectivity index (χ0n) is 16.2. The highest BCUT2D eigenvalue weighted by atomic mass is 32.1. The first-order valence-electron chi connectivity index (χ1n) is 8.90. The van der Waals surface area contributed by atoms with E-state index in [-0.39, 0.29) is 16.6 Å². The predicted octanol–water partition coefficient (Wildman–Crippen LogP) is 3.36. The fourth-order valence-electron chi connectivity index (χ4n) is 3.50. The Balaban J connectivity index is 2.09. The van der Waals surface area contributed by atoms with E-state index in [0.717, 1.165) is 22.6 Å². The third kappa shape index (κ3) is 3.32. The van der Waals surface area contributed by atoms with Gasteiger partial charge in [0.15, 0.2) is 5.11 Å². The molecule has 2 amide bonds. The number of carbonyl (C=O) groups excluding carboxylic acids is 2. The van der Waals surface area contributed by atoms with Gasteiger partial charge < -0.3 is 4.57 Å². The quantitative estimate of drug-likeness (QED) is 0.504. The lowest BCUT2D eigenvalue weighted by molar-refractivity contribution is -0.128. The number of aromatic nitrogens is 1. The Hall–Kier alpha value is -2.73. The highest BCUT2D eigenvalue weighted by molar-refractivity contribution is 7.80. The molecule has 1 aliphatic rings. The minimum Gasteiger partial charge on any atom is -0.318 e. The zero-order chi connectivity index (χ0) is 19.9. The van der Waals surface area contributed by atoms with Crippen LogP contribution < -0.4 is 5.32 Å². The maximum atomic E-state index is 12.6. The van der Waals surface area contributed by atoms with Gasteiger partial charge in [0.25, 0.3) is 11.8 Å². The van der Waals surface area contributed by atoms with Gasteiger partial charge in [0.2, 0.25) is 0 Å². The standard InChI is InChI=1S/C21H23N3O2S/c1-6-23-20(26)17(19(25)22-21(23)27)11-16-10-14(4)24(15(16)5)18-8-7-12(2)9-13(18)3/h7-11H,6H2,1-5H3,(H,22,25,27)/b17-11+. The number of thiocarbonyl (C=S) groups is 1. The Kier molecular flexibility index (Phi) is 5.02. The molecule has 0 atom stereocenters. The highest BCUT2D eigenvalue weighted by Gasteiger charge is 2.32. The molecular formula is C21H23N3O2S. The van der Waals surface area contributed by atoms with E-state index in [2.05, 4.69) is 41.9 Å². The van der Waals surface area contributed by atoms with Gasteiger partial charge >= 0.3 is 0 Å². The molecule has 0 radical (unpaired) electrons. The number of nitrogens with zero attached hydrogens (tertiary/aromatic N) is 2. The Morgan fingerprint density at radius 3 is 2.44 bits per heavy atom. The summed E-state index contributed by atoms with van der Waals surface area (Å²) >= 11 is 5.08. The fraction of sp³-hybridized carbons (Fsp3) is 0.286. The Labute approximate surface area is 164 Å². The third-order valence-corrected chi connectivity index (χ3v) is 5.19. The topological polar surface area (TPSA) is 54.3 Å². The van der Waals surface area contributed by atoms with Crippen molar-refractivity contribution < 1.29 is 9.59 Å². The molecule has 1 saturated heterocycles. The molecule has 3 rings (SSSR count). The molecule has 0 bridgehead atoms. The normalized spacial score (nSPS) is 16.3. The summed E-state index contributed by atoms with van der Waals surface area (Å²) in [4.78, 5) is 26.4. The summed E-state index contributed by atoms with van der Waals surface area (Å²) < 4.78 is 2.15. The van der Waals surface area contributed by atoms with E-state index in [0.29, 0.717) is 6.54 Å². The molecule has 1 aromatic carbocycles. The van der Waals surface area contributed by atoms with E-state index >= 15 is 0 Å². The summed E-state index contributed by atoms with van der Waals surface area (Å²) in [6.07, 6.45) is 1.66.